The molecule has 0 unspecified atom stereocenters. The number of anilines is 1. The van der Waals surface area contributed by atoms with Crippen LogP contribution >= 0.6 is 23.1 Å². The van der Waals surface area contributed by atoms with Gasteiger partial charge in [-0.2, -0.15) is 5.10 Å². The second-order valence-corrected chi connectivity index (χ2v) is 11.0. The molecule has 212 valence electrons. The number of amides is 3. The van der Waals surface area contributed by atoms with Crippen LogP contribution in [0.25, 0.3) is 11.3 Å². The highest BCUT2D eigenvalue weighted by Crippen LogP contribution is 2.40. The van der Waals surface area contributed by atoms with E-state index in [9.17, 15) is 24.3 Å². The van der Waals surface area contributed by atoms with Crippen molar-refractivity contribution in [1.29, 1.82) is 0 Å². The van der Waals surface area contributed by atoms with E-state index in [1.165, 1.54) is 33.8 Å². The third kappa shape index (κ3) is 5.23. The molecule has 15 nitrogen and oxygen atoms in total. The van der Waals surface area contributed by atoms with Gasteiger partial charge in [0.25, 0.3) is 17.7 Å². The topological polar surface area (TPSA) is 212 Å². The molecule has 6 N–H and O–H groups in total. The first kappa shape index (κ1) is 27.8. The Morgan fingerprint density at radius 1 is 1.34 bits per heavy atom. The Morgan fingerprint density at radius 3 is 2.76 bits per heavy atom. The van der Waals surface area contributed by atoms with E-state index < -0.39 is 35.1 Å². The summed E-state index contributed by atoms with van der Waals surface area (Å²) in [6.07, 6.45) is 3.55. The van der Waals surface area contributed by atoms with Gasteiger partial charge in [0.1, 0.15) is 29.9 Å². The van der Waals surface area contributed by atoms with E-state index in [1.807, 2.05) is 6.07 Å². The summed E-state index contributed by atoms with van der Waals surface area (Å²) in [6.45, 7) is 0.187. The molecule has 0 bridgehead atoms. The van der Waals surface area contributed by atoms with Gasteiger partial charge < -0.3 is 26.7 Å². The van der Waals surface area contributed by atoms with Crippen molar-refractivity contribution in [2.45, 2.75) is 18.0 Å². The van der Waals surface area contributed by atoms with Crippen LogP contribution in [0, 0.1) is 0 Å². The molecule has 3 amide bonds. The molecule has 17 heteroatoms. The molecule has 1 saturated heterocycles. The summed E-state index contributed by atoms with van der Waals surface area (Å²) < 4.78 is 3.31. The number of aromatic nitrogens is 4. The molecule has 0 spiro atoms. The van der Waals surface area contributed by atoms with Crippen molar-refractivity contribution < 1.29 is 33.7 Å². The number of nitrogens with two attached hydrogens (primary N) is 2. The second-order valence-electron chi connectivity index (χ2n) is 8.98. The van der Waals surface area contributed by atoms with Crippen molar-refractivity contribution >= 4 is 57.6 Å². The van der Waals surface area contributed by atoms with Crippen LogP contribution in [0.4, 0.5) is 5.13 Å². The number of thioether (sulfide) groups is 1. The van der Waals surface area contributed by atoms with Crippen LogP contribution in [0.5, 0.6) is 0 Å². The molecule has 2 atom stereocenters. The van der Waals surface area contributed by atoms with E-state index >= 15 is 0 Å². The van der Waals surface area contributed by atoms with Gasteiger partial charge in [-0.05, 0) is 12.1 Å². The lowest BCUT2D eigenvalue weighted by atomic mass is 10.0. The summed E-state index contributed by atoms with van der Waals surface area (Å²) >= 11 is 2.45. The van der Waals surface area contributed by atoms with Gasteiger partial charge >= 0.3 is 5.97 Å². The summed E-state index contributed by atoms with van der Waals surface area (Å²) in [6, 6.07) is 4.21. The average molecular weight is 599 g/mol. The summed E-state index contributed by atoms with van der Waals surface area (Å²) in [7, 11) is 2.95. The van der Waals surface area contributed by atoms with E-state index in [0.717, 1.165) is 16.9 Å². The van der Waals surface area contributed by atoms with E-state index in [4.69, 9.17) is 16.3 Å². The third-order valence-corrected chi connectivity index (χ3v) is 8.37. The summed E-state index contributed by atoms with van der Waals surface area (Å²) in [5.41, 5.74) is 12.9. The first-order valence-corrected chi connectivity index (χ1v) is 13.9. The van der Waals surface area contributed by atoms with Crippen molar-refractivity contribution in [3.05, 3.63) is 58.6 Å². The number of oxime groups is 1. The number of nitrogens with zero attached hydrogens (tertiary/aromatic N) is 6. The highest BCUT2D eigenvalue weighted by molar-refractivity contribution is 8.00. The van der Waals surface area contributed by atoms with Crippen LogP contribution < -0.4 is 21.4 Å². The number of aryl methyl sites for hydroxylation is 1. The molecule has 3 aromatic rings. The van der Waals surface area contributed by atoms with Crippen molar-refractivity contribution in [1.82, 2.24) is 25.0 Å². The van der Waals surface area contributed by atoms with Gasteiger partial charge in [0.05, 0.1) is 11.3 Å². The molecule has 5 rings (SSSR count). The molecule has 0 radical (unpaired) electrons. The molecule has 1 fully saturated rings. The number of thiazole rings is 1. The average Bonchev–Trinajstić information content (AvgIpc) is 3.55. The molecular weight excluding hydrogens is 574 g/mol. The maximum atomic E-state index is 13.1. The van der Waals surface area contributed by atoms with Crippen LogP contribution in [-0.2, 0) is 32.8 Å². The fraction of sp³-hybridized carbons (Fsp3) is 0.250. The number of primary amides is 1. The number of carboxylic acids is 1. The summed E-state index contributed by atoms with van der Waals surface area (Å²) in [5.74, 6) is -2.86. The largest absolute Gasteiger partial charge is 0.477 e. The van der Waals surface area contributed by atoms with E-state index in [2.05, 4.69) is 20.6 Å². The highest BCUT2D eigenvalue weighted by atomic mass is 32.2. The van der Waals surface area contributed by atoms with Gasteiger partial charge in [-0.15, -0.1) is 23.1 Å². The summed E-state index contributed by atoms with van der Waals surface area (Å²) in [5, 5.41) is 21.7. The zero-order valence-electron chi connectivity index (χ0n) is 21.7. The molecular formula is C24H24N9O6S2+. The number of hydrogen-bond acceptors (Lipinski definition) is 11. The predicted octanol–water partition coefficient (Wildman–Crippen LogP) is -0.698. The molecule has 0 saturated carbocycles. The van der Waals surface area contributed by atoms with Gasteiger partial charge in [0, 0.05) is 29.8 Å². The van der Waals surface area contributed by atoms with Crippen LogP contribution in [0.1, 0.15) is 16.2 Å². The minimum absolute atomic E-state index is 0.123. The van der Waals surface area contributed by atoms with E-state index in [1.54, 1.807) is 36.1 Å². The number of carbonyl (C=O) groups is 4. The standard InChI is InChI=1S/C24H23N9O6S2/c1-31-15(6-13(29-31)19(25)34)11-4-3-5-32(7-11)8-12-9-40-22-17(21(36)33(22)18(12)23(37)38)28-20(35)16(30-39-2)14-10-41-24(26)27-14/h3-7,10,17,22H,8-9H2,1-2H3,(H5-,25,26,27,28,34,35,37,38)/p+1/b30-16-/t17-,22-/m1/s1. The third-order valence-electron chi connectivity index (χ3n) is 6.36. The minimum atomic E-state index is -1.25. The number of nitrogen functional groups attached to an aromatic ring is 1. The second kappa shape index (κ2) is 11.0. The normalized spacial score (nSPS) is 18.5. The Balaban J connectivity index is 1.36. The Bertz CT molecular complexity index is 1650. The Morgan fingerprint density at radius 2 is 2.12 bits per heavy atom. The van der Waals surface area contributed by atoms with Gasteiger partial charge in [-0.25, -0.2) is 14.3 Å². The highest BCUT2D eigenvalue weighted by Gasteiger charge is 2.54. The fourth-order valence-corrected chi connectivity index (χ4v) is 6.44. The van der Waals surface area contributed by atoms with E-state index in [0.29, 0.717) is 17.0 Å². The molecule has 41 heavy (non-hydrogen) atoms. The van der Waals surface area contributed by atoms with Crippen LogP contribution in [0.3, 0.4) is 0 Å². The Labute approximate surface area is 240 Å². The lowest BCUT2D eigenvalue weighted by molar-refractivity contribution is -0.688. The van der Waals surface area contributed by atoms with Gasteiger partial charge in [0.2, 0.25) is 0 Å². The lowest BCUT2D eigenvalue weighted by Gasteiger charge is -2.49. The van der Waals surface area contributed by atoms with Crippen LogP contribution in [0.15, 0.2) is 52.4 Å². The molecule has 3 aromatic heterocycles. The molecule has 5 heterocycles. The van der Waals surface area contributed by atoms with E-state index in [-0.39, 0.29) is 34.5 Å². The van der Waals surface area contributed by atoms with Gasteiger partial charge in [0.15, 0.2) is 35.5 Å². The van der Waals surface area contributed by atoms with Crippen LogP contribution in [-0.4, -0.2) is 78.5 Å². The maximum absolute atomic E-state index is 13.1. The number of hydrogen-bond donors (Lipinski definition) is 4. The first-order chi connectivity index (χ1) is 19.6. The number of β-lactam (4-membered cyclic amide) rings is 1. The predicted molar refractivity (Wildman–Crippen MR) is 147 cm³/mol. The number of carboxylic acid groups (broad SMARTS) is 1. The number of nitrogens with one attached hydrogen (secondary N) is 1. The first-order valence-electron chi connectivity index (χ1n) is 12.0. The zero-order valence-corrected chi connectivity index (χ0v) is 23.3. The monoisotopic (exact) mass is 598 g/mol. The molecule has 2 aliphatic rings. The van der Waals surface area contributed by atoms with Crippen molar-refractivity contribution in [3.8, 4) is 11.3 Å². The Hall–Kier alpha value is -4.77. The van der Waals surface area contributed by atoms with Crippen LogP contribution in [0.2, 0.25) is 0 Å². The number of aliphatic carboxylic acids is 1. The quantitative estimate of drug-likeness (QED) is 0.105. The molecule has 0 aliphatic carbocycles. The smallest absolute Gasteiger partial charge is 0.352 e. The summed E-state index contributed by atoms with van der Waals surface area (Å²) in [4.78, 5) is 60.0. The maximum Gasteiger partial charge on any atom is 0.352 e. The van der Waals surface area contributed by atoms with Gasteiger partial charge in [-0.3, -0.25) is 24.0 Å². The molecule has 2 aliphatic heterocycles. The lowest BCUT2D eigenvalue weighted by Crippen LogP contribution is -2.71. The number of rotatable bonds is 9. The minimum Gasteiger partial charge on any atom is -0.477 e. The Kier molecular flexibility index (Phi) is 7.46. The van der Waals surface area contributed by atoms with Crippen molar-refractivity contribution in [3.63, 3.8) is 0 Å². The number of carbonyl (C=O) groups excluding carboxylic acids is 3. The fourth-order valence-electron chi connectivity index (χ4n) is 4.56. The zero-order chi connectivity index (χ0) is 29.4. The van der Waals surface area contributed by atoms with Gasteiger partial charge in [-0.1, -0.05) is 5.16 Å². The van der Waals surface area contributed by atoms with Crippen molar-refractivity contribution in [2.75, 3.05) is 18.6 Å². The number of pyridine rings is 1. The molecule has 0 aromatic carbocycles. The SMILES string of the molecule is CO/N=C(\C(=O)N[C@@H]1C(=O)N2C(C(=O)O)=C(C[n+]3cccc(-c4cc(C(N)=O)nn4C)c3)CS[C@H]12)c1csc(N)n1. The number of fused-ring (bicyclic) bond motifs is 1. The van der Waals surface area contributed by atoms with Crippen molar-refractivity contribution in [2.24, 2.45) is 17.9 Å².